The molecule has 1 fully saturated rings. The number of benzene rings is 1. The van der Waals surface area contributed by atoms with Crippen molar-refractivity contribution in [2.45, 2.75) is 25.5 Å². The number of amides is 2. The predicted octanol–water partition coefficient (Wildman–Crippen LogP) is 2.21. The number of aryl methyl sites for hydroxylation is 1. The summed E-state index contributed by atoms with van der Waals surface area (Å²) in [6, 6.07) is 13.7. The Morgan fingerprint density at radius 2 is 2.00 bits per heavy atom. The summed E-state index contributed by atoms with van der Waals surface area (Å²) in [6.45, 7) is 2.28. The van der Waals surface area contributed by atoms with Crippen LogP contribution in [0.15, 0.2) is 42.5 Å². The van der Waals surface area contributed by atoms with Gasteiger partial charge in [-0.3, -0.25) is 4.79 Å². The molecular formula is C21H24N4O3. The van der Waals surface area contributed by atoms with Crippen LogP contribution in [0.1, 0.15) is 28.2 Å². The Kier molecular flexibility index (Phi) is 5.14. The van der Waals surface area contributed by atoms with Gasteiger partial charge >= 0.3 is 6.09 Å². The first-order valence-electron chi connectivity index (χ1n) is 9.60. The lowest BCUT2D eigenvalue weighted by Gasteiger charge is -2.45. The molecule has 28 heavy (non-hydrogen) atoms. The van der Waals surface area contributed by atoms with Crippen LogP contribution in [-0.4, -0.2) is 54.6 Å². The number of hydrogen-bond acceptors (Lipinski definition) is 5. The topological polar surface area (TPSA) is 74.8 Å². The van der Waals surface area contributed by atoms with Crippen LogP contribution in [0.25, 0.3) is 0 Å². The summed E-state index contributed by atoms with van der Waals surface area (Å²) in [6.07, 6.45) is 1.44. The molecule has 1 aromatic heterocycles. The summed E-state index contributed by atoms with van der Waals surface area (Å²) in [5.74, 6) is -0.170. The number of piperazine rings is 1. The molecular weight excluding hydrogens is 356 g/mol. The SMILES string of the molecule is CNC(=O)c1ccc2c(n1)CC[C@@H]1CN(C(=O)OCc3ccccc3)CCN21. The average Bonchev–Trinajstić information content (AvgIpc) is 2.76. The van der Waals surface area contributed by atoms with E-state index in [1.54, 1.807) is 18.0 Å². The first kappa shape index (κ1) is 18.3. The molecule has 0 saturated carbocycles. The van der Waals surface area contributed by atoms with Gasteiger partial charge in [0.15, 0.2) is 0 Å². The maximum atomic E-state index is 12.5. The zero-order valence-electron chi connectivity index (χ0n) is 15.9. The van der Waals surface area contributed by atoms with Gasteiger partial charge in [0.05, 0.1) is 11.4 Å². The molecule has 4 rings (SSSR count). The summed E-state index contributed by atoms with van der Waals surface area (Å²) in [5.41, 5.74) is 3.46. The number of pyridine rings is 1. The van der Waals surface area contributed by atoms with E-state index in [2.05, 4.69) is 15.2 Å². The summed E-state index contributed by atoms with van der Waals surface area (Å²) in [4.78, 5) is 32.9. The summed E-state index contributed by atoms with van der Waals surface area (Å²) < 4.78 is 5.48. The quantitative estimate of drug-likeness (QED) is 0.884. The summed E-state index contributed by atoms with van der Waals surface area (Å²) >= 11 is 0. The molecule has 2 amide bonds. The number of nitrogens with one attached hydrogen (secondary N) is 1. The number of nitrogens with zero attached hydrogens (tertiary/aromatic N) is 3. The Morgan fingerprint density at radius 1 is 1.18 bits per heavy atom. The highest BCUT2D eigenvalue weighted by molar-refractivity contribution is 5.92. The smallest absolute Gasteiger partial charge is 0.410 e. The lowest BCUT2D eigenvalue weighted by Crippen LogP contribution is -2.56. The third-order valence-electron chi connectivity index (χ3n) is 5.38. The number of rotatable bonds is 3. The van der Waals surface area contributed by atoms with Crippen LogP contribution in [0.5, 0.6) is 0 Å². The predicted molar refractivity (Wildman–Crippen MR) is 105 cm³/mol. The molecule has 1 saturated heterocycles. The molecule has 2 aliphatic heterocycles. The molecule has 3 heterocycles. The van der Waals surface area contributed by atoms with E-state index in [0.29, 0.717) is 25.4 Å². The zero-order valence-corrected chi connectivity index (χ0v) is 15.9. The molecule has 0 aliphatic carbocycles. The number of hydrogen-bond donors (Lipinski definition) is 1. The van der Waals surface area contributed by atoms with Crippen molar-refractivity contribution in [2.75, 3.05) is 31.6 Å². The van der Waals surface area contributed by atoms with Crippen LogP contribution >= 0.6 is 0 Å². The maximum Gasteiger partial charge on any atom is 0.410 e. The van der Waals surface area contributed by atoms with E-state index in [9.17, 15) is 9.59 Å². The van der Waals surface area contributed by atoms with Crippen molar-refractivity contribution in [1.82, 2.24) is 15.2 Å². The first-order chi connectivity index (χ1) is 13.7. The Labute approximate surface area is 164 Å². The monoisotopic (exact) mass is 380 g/mol. The van der Waals surface area contributed by atoms with E-state index < -0.39 is 0 Å². The van der Waals surface area contributed by atoms with Crippen LogP contribution in [0.4, 0.5) is 10.5 Å². The molecule has 146 valence electrons. The second-order valence-corrected chi connectivity index (χ2v) is 7.11. The van der Waals surface area contributed by atoms with E-state index in [1.165, 1.54) is 0 Å². The minimum absolute atomic E-state index is 0.170. The van der Waals surface area contributed by atoms with Crippen LogP contribution in [0.2, 0.25) is 0 Å². The van der Waals surface area contributed by atoms with Crippen molar-refractivity contribution in [1.29, 1.82) is 0 Å². The summed E-state index contributed by atoms with van der Waals surface area (Å²) in [5, 5.41) is 2.61. The van der Waals surface area contributed by atoms with Crippen LogP contribution < -0.4 is 10.2 Å². The lowest BCUT2D eigenvalue weighted by molar-refractivity contribution is 0.0877. The van der Waals surface area contributed by atoms with Crippen molar-refractivity contribution in [3.05, 3.63) is 59.4 Å². The fourth-order valence-electron chi connectivity index (χ4n) is 3.89. The molecule has 0 unspecified atom stereocenters. The number of fused-ring (bicyclic) bond motifs is 3. The standard InChI is InChI=1S/C21H24N4O3/c1-22-20(26)18-9-10-19-17(23-18)8-7-16-13-24(11-12-25(16)19)21(27)28-14-15-5-3-2-4-6-15/h2-6,9-10,16H,7-8,11-14H2,1H3,(H,22,26)/t16-/m1/s1. The largest absolute Gasteiger partial charge is 0.445 e. The number of ether oxygens (including phenoxy) is 1. The Balaban J connectivity index is 1.39. The molecule has 1 aromatic carbocycles. The van der Waals surface area contributed by atoms with Crippen molar-refractivity contribution in [3.63, 3.8) is 0 Å². The molecule has 7 nitrogen and oxygen atoms in total. The summed E-state index contributed by atoms with van der Waals surface area (Å²) in [7, 11) is 1.61. The van der Waals surface area contributed by atoms with Gasteiger partial charge in [-0.1, -0.05) is 30.3 Å². The van der Waals surface area contributed by atoms with Gasteiger partial charge in [-0.05, 0) is 30.5 Å². The average molecular weight is 380 g/mol. The van der Waals surface area contributed by atoms with Gasteiger partial charge < -0.3 is 19.9 Å². The van der Waals surface area contributed by atoms with E-state index in [-0.39, 0.29) is 18.0 Å². The molecule has 1 N–H and O–H groups in total. The number of carbonyl (C=O) groups excluding carboxylic acids is 2. The fraction of sp³-hybridized carbons (Fsp3) is 0.381. The van der Waals surface area contributed by atoms with Crippen molar-refractivity contribution in [3.8, 4) is 0 Å². The molecule has 0 spiro atoms. The minimum Gasteiger partial charge on any atom is -0.445 e. The van der Waals surface area contributed by atoms with Crippen LogP contribution in [0.3, 0.4) is 0 Å². The van der Waals surface area contributed by atoms with Gasteiger partial charge in [-0.15, -0.1) is 0 Å². The lowest BCUT2D eigenvalue weighted by atomic mass is 9.97. The highest BCUT2D eigenvalue weighted by atomic mass is 16.6. The number of anilines is 1. The van der Waals surface area contributed by atoms with Gasteiger partial charge in [0, 0.05) is 32.7 Å². The van der Waals surface area contributed by atoms with Gasteiger partial charge in [0.25, 0.3) is 5.91 Å². The van der Waals surface area contributed by atoms with E-state index in [0.717, 1.165) is 36.3 Å². The highest BCUT2D eigenvalue weighted by Gasteiger charge is 2.34. The van der Waals surface area contributed by atoms with Gasteiger partial charge in [0.2, 0.25) is 0 Å². The fourth-order valence-corrected chi connectivity index (χ4v) is 3.89. The molecule has 0 radical (unpaired) electrons. The van der Waals surface area contributed by atoms with E-state index in [4.69, 9.17) is 4.74 Å². The zero-order chi connectivity index (χ0) is 19.5. The van der Waals surface area contributed by atoms with Gasteiger partial charge in [-0.2, -0.15) is 0 Å². The van der Waals surface area contributed by atoms with Gasteiger partial charge in [0.1, 0.15) is 12.3 Å². The maximum absolute atomic E-state index is 12.5. The number of carbonyl (C=O) groups is 2. The highest BCUT2D eigenvalue weighted by Crippen LogP contribution is 2.32. The Bertz CT molecular complexity index is 871. The second kappa shape index (κ2) is 7.88. The Hall–Kier alpha value is -3.09. The van der Waals surface area contributed by atoms with Crippen molar-refractivity contribution in [2.24, 2.45) is 0 Å². The van der Waals surface area contributed by atoms with Crippen molar-refractivity contribution >= 4 is 17.7 Å². The van der Waals surface area contributed by atoms with E-state index >= 15 is 0 Å². The molecule has 1 atom stereocenters. The molecule has 2 aliphatic rings. The third-order valence-corrected chi connectivity index (χ3v) is 5.38. The van der Waals surface area contributed by atoms with Crippen LogP contribution in [0, 0.1) is 0 Å². The van der Waals surface area contributed by atoms with E-state index in [1.807, 2.05) is 36.4 Å². The van der Waals surface area contributed by atoms with Crippen LogP contribution in [-0.2, 0) is 17.8 Å². The third kappa shape index (κ3) is 3.65. The van der Waals surface area contributed by atoms with Gasteiger partial charge in [-0.25, -0.2) is 9.78 Å². The minimum atomic E-state index is -0.262. The Morgan fingerprint density at radius 3 is 2.79 bits per heavy atom. The molecule has 2 aromatic rings. The molecule has 0 bridgehead atoms. The second-order valence-electron chi connectivity index (χ2n) is 7.11. The molecule has 7 heteroatoms. The normalized spacial score (nSPS) is 18.1. The first-order valence-corrected chi connectivity index (χ1v) is 9.60. The van der Waals surface area contributed by atoms with Crippen molar-refractivity contribution < 1.29 is 14.3 Å². The number of aromatic nitrogens is 1.